The first-order chi connectivity index (χ1) is 40.4. The molecule has 33 nitrogen and oxygen atoms in total. The molecule has 15 N–H and O–H groups in total. The predicted octanol–water partition coefficient (Wildman–Crippen LogP) is -7.69. The molecule has 0 radical (unpaired) electrons. The van der Waals surface area contributed by atoms with E-state index in [1.807, 2.05) is 0 Å². The van der Waals surface area contributed by atoms with E-state index in [4.69, 9.17) is 47.2 Å². The van der Waals surface area contributed by atoms with Gasteiger partial charge >= 0.3 is 0 Å². The maximum Gasteiger partial charge on any atom is 0.297 e. The van der Waals surface area contributed by atoms with E-state index in [1.165, 1.54) is 44.5 Å². The Balaban J connectivity index is 1.41. The smallest absolute Gasteiger partial charge is 0.297 e. The molecule has 17 atom stereocenters. The van der Waals surface area contributed by atoms with Crippen molar-refractivity contribution in [2.75, 3.05) is 119 Å². The van der Waals surface area contributed by atoms with Crippen LogP contribution in [0.1, 0.15) is 26.3 Å². The third-order valence-electron chi connectivity index (χ3n) is 13.0. The fourth-order valence-electron chi connectivity index (χ4n) is 8.95. The zero-order valence-corrected chi connectivity index (χ0v) is 49.4. The van der Waals surface area contributed by atoms with Crippen LogP contribution in [0.4, 0.5) is 0 Å². The summed E-state index contributed by atoms with van der Waals surface area (Å²) < 4.78 is 68.2. The van der Waals surface area contributed by atoms with E-state index in [0.717, 1.165) is 0 Å². The molecule has 4 rings (SSSR count). The van der Waals surface area contributed by atoms with E-state index in [9.17, 15) is 79.3 Å². The van der Waals surface area contributed by atoms with Crippen LogP contribution in [-0.2, 0) is 82.4 Å². The molecule has 0 bridgehead atoms. The van der Waals surface area contributed by atoms with Gasteiger partial charge in [-0.1, -0.05) is 24.4 Å². The van der Waals surface area contributed by atoms with Crippen molar-refractivity contribution < 1.29 is 126 Å². The van der Waals surface area contributed by atoms with Crippen LogP contribution >= 0.6 is 18.8 Å². The van der Waals surface area contributed by atoms with Crippen molar-refractivity contribution in [2.45, 2.75) is 125 Å². The summed E-state index contributed by atoms with van der Waals surface area (Å²) in [5.41, 5.74) is 0.519. The Bertz CT molecular complexity index is 2190. The number of ether oxygens (including phenoxy) is 9. The summed E-state index contributed by atoms with van der Waals surface area (Å²) in [7, 11) is 0. The fourth-order valence-corrected chi connectivity index (χ4v) is 9.75. The molecule has 6 amide bonds. The van der Waals surface area contributed by atoms with Crippen molar-refractivity contribution in [3.8, 4) is 5.75 Å². The van der Waals surface area contributed by atoms with Crippen LogP contribution < -0.4 is 36.4 Å². The highest BCUT2D eigenvalue weighted by Crippen LogP contribution is 2.47. The average molecular weight is 1260 g/mol. The number of benzene rings is 1. The lowest BCUT2D eigenvalue weighted by atomic mass is 9.97. The van der Waals surface area contributed by atoms with Crippen LogP contribution in [-0.4, -0.2) is 303 Å². The van der Waals surface area contributed by atoms with Crippen LogP contribution in [0.5, 0.6) is 5.75 Å². The van der Waals surface area contributed by atoms with E-state index in [0.29, 0.717) is 5.56 Å². The maximum absolute atomic E-state index is 14.3. The SMILES string of the molecule is CC(=O)NC1C(OCCOCCNC(=O)CN(CC(=O)NCCOCCOC2OC(CO)C(O)C(O)C2NC(C)=O)C(Cc2ccc(OP(C)(=O)S)cc2)C(=O)NCCOCCOC2OC(CO)C(O)C(O)C2NC(C)=O)OC(CO)C(O)C1O. The number of amides is 6. The van der Waals surface area contributed by atoms with Gasteiger partial charge in [0, 0.05) is 47.1 Å². The summed E-state index contributed by atoms with van der Waals surface area (Å²) in [6, 6.07) is 1.40. The molecule has 0 aliphatic carbocycles. The molecular weight excluding hydrogens is 1180 g/mol. The lowest BCUT2D eigenvalue weighted by Crippen LogP contribution is -2.64. The lowest BCUT2D eigenvalue weighted by molar-refractivity contribution is -0.272. The Morgan fingerprint density at radius 2 is 0.882 bits per heavy atom. The van der Waals surface area contributed by atoms with Crippen molar-refractivity contribution in [1.29, 1.82) is 0 Å². The van der Waals surface area contributed by atoms with Gasteiger partial charge in [-0.25, -0.2) is 0 Å². The van der Waals surface area contributed by atoms with Crippen LogP contribution in [0, 0.1) is 0 Å². The maximum atomic E-state index is 14.3. The van der Waals surface area contributed by atoms with E-state index in [-0.39, 0.29) is 91.3 Å². The molecule has 486 valence electrons. The predicted molar refractivity (Wildman–Crippen MR) is 294 cm³/mol. The van der Waals surface area contributed by atoms with E-state index < -0.39 is 173 Å². The summed E-state index contributed by atoms with van der Waals surface area (Å²) in [6.07, 6.45) is -16.7. The number of carbonyl (C=O) groups excluding carboxylic acids is 6. The molecule has 35 heteroatoms. The van der Waals surface area contributed by atoms with Gasteiger partial charge in [-0.3, -0.25) is 38.2 Å². The monoisotopic (exact) mass is 1260 g/mol. The highest BCUT2D eigenvalue weighted by atomic mass is 32.7. The van der Waals surface area contributed by atoms with Gasteiger partial charge in [0.15, 0.2) is 18.9 Å². The van der Waals surface area contributed by atoms with Crippen LogP contribution in [0.3, 0.4) is 0 Å². The first kappa shape index (κ1) is 73.1. The molecule has 3 fully saturated rings. The van der Waals surface area contributed by atoms with Crippen molar-refractivity contribution in [1.82, 2.24) is 36.8 Å². The zero-order chi connectivity index (χ0) is 62.8. The number of carbonyl (C=O) groups is 6. The minimum Gasteiger partial charge on any atom is -0.436 e. The van der Waals surface area contributed by atoms with Gasteiger partial charge in [-0.05, 0) is 24.1 Å². The van der Waals surface area contributed by atoms with Crippen molar-refractivity contribution in [3.05, 3.63) is 29.8 Å². The molecule has 0 spiro atoms. The first-order valence-corrected chi connectivity index (χ1v) is 30.5. The van der Waals surface area contributed by atoms with Crippen LogP contribution in [0.25, 0.3) is 0 Å². The number of rotatable bonds is 37. The molecule has 85 heavy (non-hydrogen) atoms. The molecule has 3 heterocycles. The van der Waals surface area contributed by atoms with Gasteiger partial charge in [0.1, 0.15) is 78.8 Å². The summed E-state index contributed by atoms with van der Waals surface area (Å²) >= 11 is 3.99. The summed E-state index contributed by atoms with van der Waals surface area (Å²) in [6.45, 7) is -2.60. The van der Waals surface area contributed by atoms with Gasteiger partial charge in [0.25, 0.3) is 6.57 Å². The molecule has 0 aromatic heterocycles. The van der Waals surface area contributed by atoms with Gasteiger partial charge in [0.2, 0.25) is 35.4 Å². The standard InChI is InChI=1S/C50H84N7O26PS/c1-27(61)54-38-44(69)41(66)33(24-58)80-48(38)77-18-15-74-12-9-51-36(64)22-57(23-37(65)52-10-13-75-16-19-78-49-39(55-28(2)62)45(70)42(67)34(25-59)81-49)32(21-30-5-7-31(8-6-30)83-84(4,73)85)47(72)53-11-14-76-17-20-79-50-40(56-29(3)63)46(71)43(68)35(26-60)82-50/h5-8,32-35,38-46,48-50,58-60,66-71H,9-26H2,1-4H3,(H,51,64)(H,52,65)(H,53,72)(H,54,61)(H,55,62)(H,56,63)(H,73,85). The minimum atomic E-state index is -3.26. The summed E-state index contributed by atoms with van der Waals surface area (Å²) in [4.78, 5) is 78.4. The van der Waals surface area contributed by atoms with Crippen molar-refractivity contribution in [2.24, 2.45) is 0 Å². The Labute approximate surface area is 495 Å². The van der Waals surface area contributed by atoms with E-state index in [1.54, 1.807) is 12.1 Å². The van der Waals surface area contributed by atoms with Gasteiger partial charge in [0.05, 0.1) is 98.4 Å². The average Bonchev–Trinajstić information content (AvgIpc) is 3.21. The van der Waals surface area contributed by atoms with Gasteiger partial charge in [-0.2, -0.15) is 0 Å². The summed E-state index contributed by atoms with van der Waals surface area (Å²) in [5, 5.41) is 107. The van der Waals surface area contributed by atoms with Crippen molar-refractivity contribution >= 4 is 54.3 Å². The second kappa shape index (κ2) is 37.5. The third-order valence-corrected chi connectivity index (χ3v) is 13.8. The van der Waals surface area contributed by atoms with Gasteiger partial charge in [-0.15, -0.1) is 0 Å². The lowest BCUT2D eigenvalue weighted by Gasteiger charge is -2.42. The molecule has 3 aliphatic rings. The Morgan fingerprint density at radius 3 is 1.20 bits per heavy atom. The molecule has 17 unspecified atom stereocenters. The second-order valence-electron chi connectivity index (χ2n) is 19.9. The quantitative estimate of drug-likeness (QED) is 0.0167. The Kier molecular flexibility index (Phi) is 32.3. The van der Waals surface area contributed by atoms with Crippen LogP contribution in [0.2, 0.25) is 0 Å². The third kappa shape index (κ3) is 25.0. The number of hydrogen-bond donors (Lipinski definition) is 16. The van der Waals surface area contributed by atoms with E-state index in [2.05, 4.69) is 44.1 Å². The zero-order valence-electron chi connectivity index (χ0n) is 47.6. The highest BCUT2D eigenvalue weighted by molar-refractivity contribution is 8.46. The number of nitrogens with one attached hydrogen (secondary N) is 6. The minimum absolute atomic E-state index is 0.0716. The number of nitrogens with zero attached hydrogens (tertiary/aromatic N) is 1. The molecule has 3 saturated heterocycles. The summed E-state index contributed by atoms with van der Waals surface area (Å²) in [5.74, 6) is -3.35. The molecule has 1 aromatic rings. The first-order valence-electron chi connectivity index (χ1n) is 27.3. The van der Waals surface area contributed by atoms with Crippen molar-refractivity contribution in [3.63, 3.8) is 0 Å². The van der Waals surface area contributed by atoms with E-state index >= 15 is 0 Å². The Morgan fingerprint density at radius 1 is 0.541 bits per heavy atom. The molecule has 1 aromatic carbocycles. The molecular formula is C50H84N7O26PS. The van der Waals surface area contributed by atoms with Crippen LogP contribution in [0.15, 0.2) is 24.3 Å². The molecule has 3 aliphatic heterocycles. The largest absolute Gasteiger partial charge is 0.436 e. The van der Waals surface area contributed by atoms with Gasteiger partial charge < -0.3 is 125 Å². The molecule has 0 saturated carbocycles. The number of aliphatic hydroxyl groups excluding tert-OH is 9. The number of hydrogen-bond acceptors (Lipinski definition) is 27. The number of thiol groups is 1. The fraction of sp³-hybridized carbons (Fsp3) is 0.760. The highest BCUT2D eigenvalue weighted by Gasteiger charge is 2.48. The second-order valence-corrected chi connectivity index (χ2v) is 23.9. The Hall–Kier alpha value is -4.34. The normalized spacial score (nSPS) is 28.8. The number of aliphatic hydroxyl groups is 9. The topological polar surface area (TPSA) is 469 Å².